The maximum absolute atomic E-state index is 15.1. The highest BCUT2D eigenvalue weighted by Crippen LogP contribution is 2.26. The summed E-state index contributed by atoms with van der Waals surface area (Å²) in [5.74, 6) is -0.502. The van der Waals surface area contributed by atoms with Gasteiger partial charge >= 0.3 is 6.09 Å². The molecule has 9 nitrogen and oxygen atoms in total. The first-order chi connectivity index (χ1) is 18.6. The predicted molar refractivity (Wildman–Crippen MR) is 149 cm³/mol. The van der Waals surface area contributed by atoms with Crippen LogP contribution in [0.15, 0.2) is 60.8 Å². The number of aryl methyl sites for hydroxylation is 1. The molecule has 1 amide bonds. The molecule has 0 aliphatic heterocycles. The van der Waals surface area contributed by atoms with Crippen molar-refractivity contribution >= 4 is 34.3 Å². The van der Waals surface area contributed by atoms with Crippen LogP contribution >= 0.6 is 0 Å². The van der Waals surface area contributed by atoms with E-state index in [9.17, 15) is 10.1 Å². The van der Waals surface area contributed by atoms with E-state index in [0.29, 0.717) is 12.1 Å². The van der Waals surface area contributed by atoms with Crippen LogP contribution in [-0.4, -0.2) is 39.0 Å². The van der Waals surface area contributed by atoms with Gasteiger partial charge in [-0.05, 0) is 63.9 Å². The molecule has 0 fully saturated rings. The largest absolute Gasteiger partial charge is 0.444 e. The number of anilines is 3. The van der Waals surface area contributed by atoms with Crippen LogP contribution in [0.25, 0.3) is 10.9 Å². The molecule has 3 N–H and O–H groups in total. The van der Waals surface area contributed by atoms with Crippen molar-refractivity contribution in [1.29, 1.82) is 5.26 Å². The number of ether oxygens (including phenoxy) is 1. The smallest absolute Gasteiger partial charge is 0.407 e. The van der Waals surface area contributed by atoms with Crippen molar-refractivity contribution in [3.63, 3.8) is 0 Å². The van der Waals surface area contributed by atoms with E-state index < -0.39 is 23.6 Å². The summed E-state index contributed by atoms with van der Waals surface area (Å²) in [7, 11) is 0. The van der Waals surface area contributed by atoms with Gasteiger partial charge in [0.25, 0.3) is 0 Å². The second kappa shape index (κ2) is 11.8. The summed E-state index contributed by atoms with van der Waals surface area (Å²) in [6.07, 6.45) is 1.69. The molecular weight excluding hydrogens is 497 g/mol. The summed E-state index contributed by atoms with van der Waals surface area (Å²) in [5, 5.41) is 23.9. The van der Waals surface area contributed by atoms with E-state index >= 15 is 4.39 Å². The Kier molecular flexibility index (Phi) is 8.30. The lowest BCUT2D eigenvalue weighted by Crippen LogP contribution is -2.40. The van der Waals surface area contributed by atoms with E-state index in [4.69, 9.17) is 4.74 Å². The first-order valence-electron chi connectivity index (χ1n) is 12.8. The number of fused-ring (bicyclic) bond motifs is 1. The van der Waals surface area contributed by atoms with Gasteiger partial charge in [-0.25, -0.2) is 14.2 Å². The second-order valence-electron chi connectivity index (χ2n) is 10.1. The zero-order valence-electron chi connectivity index (χ0n) is 22.5. The second-order valence-corrected chi connectivity index (χ2v) is 10.1. The lowest BCUT2D eigenvalue weighted by molar-refractivity contribution is 0.0525. The third-order valence-corrected chi connectivity index (χ3v) is 5.86. The molecule has 2 aromatic heterocycles. The van der Waals surface area contributed by atoms with Gasteiger partial charge in [-0.15, -0.1) is 0 Å². The highest BCUT2D eigenvalue weighted by Gasteiger charge is 2.20. The summed E-state index contributed by atoms with van der Waals surface area (Å²) in [5.41, 5.74) is 2.08. The number of halogens is 1. The van der Waals surface area contributed by atoms with Crippen LogP contribution in [0, 0.1) is 17.1 Å². The van der Waals surface area contributed by atoms with E-state index in [1.54, 1.807) is 27.0 Å². The molecule has 4 rings (SSSR count). The molecule has 2 aromatic carbocycles. The molecule has 0 saturated heterocycles. The Bertz CT molecular complexity index is 1490. The van der Waals surface area contributed by atoms with Crippen LogP contribution in [0.3, 0.4) is 0 Å². The number of carbonyl (C=O) groups excluding carboxylic acids is 1. The van der Waals surface area contributed by atoms with Gasteiger partial charge in [0.15, 0.2) is 17.5 Å². The van der Waals surface area contributed by atoms with Crippen molar-refractivity contribution in [2.24, 2.45) is 0 Å². The summed E-state index contributed by atoms with van der Waals surface area (Å²) >= 11 is 0. The molecular formula is C29H32FN7O2. The van der Waals surface area contributed by atoms with Gasteiger partial charge in [-0.1, -0.05) is 30.3 Å². The van der Waals surface area contributed by atoms with E-state index in [-0.39, 0.29) is 23.7 Å². The first-order valence-corrected chi connectivity index (χ1v) is 12.8. The third-order valence-electron chi connectivity index (χ3n) is 5.86. The molecule has 0 spiro atoms. The molecule has 0 radical (unpaired) electrons. The maximum atomic E-state index is 15.1. The van der Waals surface area contributed by atoms with Crippen LogP contribution in [0.5, 0.6) is 0 Å². The predicted octanol–water partition coefficient (Wildman–Crippen LogP) is 5.75. The Labute approximate surface area is 227 Å². The summed E-state index contributed by atoms with van der Waals surface area (Å²) in [4.78, 5) is 16.7. The van der Waals surface area contributed by atoms with Gasteiger partial charge < -0.3 is 20.7 Å². The number of aromatic nitrogens is 3. The van der Waals surface area contributed by atoms with Crippen molar-refractivity contribution in [3.05, 3.63) is 77.7 Å². The lowest BCUT2D eigenvalue weighted by atomic mass is 10.1. The normalized spacial score (nSPS) is 12.0. The molecule has 0 unspecified atom stereocenters. The van der Waals surface area contributed by atoms with Crippen molar-refractivity contribution in [2.75, 3.05) is 17.2 Å². The Hall–Kier alpha value is -4.65. The molecule has 0 aliphatic carbocycles. The fourth-order valence-electron chi connectivity index (χ4n) is 4.11. The number of nitrogens with zero attached hydrogens (tertiary/aromatic N) is 4. The first kappa shape index (κ1) is 27.4. The molecule has 10 heteroatoms. The molecule has 1 atom stereocenters. The van der Waals surface area contributed by atoms with Gasteiger partial charge in [0.05, 0.1) is 17.3 Å². The van der Waals surface area contributed by atoms with Crippen molar-refractivity contribution in [2.45, 2.75) is 52.3 Å². The number of carbonyl (C=O) groups is 1. The van der Waals surface area contributed by atoms with Gasteiger partial charge in [0, 0.05) is 30.2 Å². The van der Waals surface area contributed by atoms with Crippen LogP contribution < -0.4 is 16.0 Å². The van der Waals surface area contributed by atoms with E-state index in [2.05, 4.69) is 26.0 Å². The van der Waals surface area contributed by atoms with E-state index in [0.717, 1.165) is 29.1 Å². The molecule has 202 valence electrons. The van der Waals surface area contributed by atoms with Gasteiger partial charge in [-0.3, -0.25) is 4.68 Å². The number of hydrogen-bond donors (Lipinski definition) is 3. The van der Waals surface area contributed by atoms with E-state index in [1.165, 1.54) is 0 Å². The number of nitrogens with one attached hydrogen (secondary N) is 3. The Morgan fingerprint density at radius 1 is 1.15 bits per heavy atom. The Balaban J connectivity index is 1.58. The quantitative estimate of drug-likeness (QED) is 0.253. The summed E-state index contributed by atoms with van der Waals surface area (Å²) in [6, 6.07) is 18.1. The minimum absolute atomic E-state index is 0.0386. The maximum Gasteiger partial charge on any atom is 0.407 e. The van der Waals surface area contributed by atoms with Crippen LogP contribution in [0.4, 0.5) is 26.5 Å². The van der Waals surface area contributed by atoms with Gasteiger partial charge in [0.1, 0.15) is 11.7 Å². The molecule has 4 aromatic rings. The van der Waals surface area contributed by atoms with Crippen LogP contribution in [0.1, 0.15) is 38.8 Å². The van der Waals surface area contributed by atoms with Crippen molar-refractivity contribution in [1.82, 2.24) is 20.1 Å². The fourth-order valence-corrected chi connectivity index (χ4v) is 4.11. The van der Waals surface area contributed by atoms with Gasteiger partial charge in [-0.2, -0.15) is 10.4 Å². The number of benzene rings is 2. The molecule has 0 bridgehead atoms. The number of pyridine rings is 1. The Morgan fingerprint density at radius 3 is 2.62 bits per heavy atom. The summed E-state index contributed by atoms with van der Waals surface area (Å²) < 4.78 is 22.3. The van der Waals surface area contributed by atoms with Crippen LogP contribution in [-0.2, 0) is 17.7 Å². The standard InChI is InChI=1S/C29H32FN7O2/c1-5-37-25-12-11-22(14-21(25)17-33-37)34-26-20(16-31)15-24(30)27(36-26)35-23(13-19-9-7-6-8-10-19)18-32-28(38)39-29(2,3)4/h6-12,14-15,17,23H,5,13,18H2,1-4H3,(H,32,38)(H2,34,35,36)/t23-/m1/s1. The van der Waals surface area contributed by atoms with Crippen molar-refractivity contribution in [3.8, 4) is 6.07 Å². The van der Waals surface area contributed by atoms with E-state index in [1.807, 2.05) is 66.2 Å². The van der Waals surface area contributed by atoms with Gasteiger partial charge in [0.2, 0.25) is 0 Å². The third kappa shape index (κ3) is 7.23. The lowest BCUT2D eigenvalue weighted by Gasteiger charge is -2.23. The number of hydrogen-bond acceptors (Lipinski definition) is 7. The molecule has 39 heavy (non-hydrogen) atoms. The Morgan fingerprint density at radius 2 is 1.92 bits per heavy atom. The SMILES string of the molecule is CCn1ncc2cc(Nc3nc(N[C@@H](CNC(=O)OC(C)(C)C)Cc4ccccc4)c(F)cc3C#N)ccc21. The van der Waals surface area contributed by atoms with Crippen LogP contribution in [0.2, 0.25) is 0 Å². The number of rotatable bonds is 9. The fraction of sp³-hybridized carbons (Fsp3) is 0.310. The minimum Gasteiger partial charge on any atom is -0.444 e. The zero-order chi connectivity index (χ0) is 28.0. The highest BCUT2D eigenvalue weighted by molar-refractivity contribution is 5.83. The molecule has 0 saturated carbocycles. The monoisotopic (exact) mass is 529 g/mol. The molecule has 2 heterocycles. The van der Waals surface area contributed by atoms with Crippen molar-refractivity contribution < 1.29 is 13.9 Å². The zero-order valence-corrected chi connectivity index (χ0v) is 22.5. The summed E-state index contributed by atoms with van der Waals surface area (Å²) in [6.45, 7) is 8.27. The highest BCUT2D eigenvalue weighted by atomic mass is 19.1. The average molecular weight is 530 g/mol. The number of amides is 1. The minimum atomic E-state index is -0.674. The molecule has 0 aliphatic rings. The number of alkyl carbamates (subject to hydrolysis) is 1. The topological polar surface area (TPSA) is 117 Å². The average Bonchev–Trinajstić information content (AvgIpc) is 3.31. The number of nitriles is 1.